The first-order chi connectivity index (χ1) is 3.73. The zero-order valence-electron chi connectivity index (χ0n) is 4.63. The highest BCUT2D eigenvalue weighted by molar-refractivity contribution is 7.82. The first kappa shape index (κ1) is 6.11. The zero-order chi connectivity index (χ0) is 6.20. The quantitative estimate of drug-likeness (QED) is 0.339. The molecule has 0 radical (unpaired) electrons. The Morgan fingerprint density at radius 3 is 2.75 bits per heavy atom. The minimum atomic E-state index is -0.727. The van der Waals surface area contributed by atoms with Crippen molar-refractivity contribution >= 4 is 18.9 Å². The molecule has 46 valence electrons. The van der Waals surface area contributed by atoms with E-state index >= 15 is 0 Å². The van der Waals surface area contributed by atoms with E-state index in [0.29, 0.717) is 0 Å². The van der Waals surface area contributed by atoms with Crippen LogP contribution in [0.15, 0.2) is 0 Å². The van der Waals surface area contributed by atoms with Crippen molar-refractivity contribution in [3.05, 3.63) is 0 Å². The van der Waals surface area contributed by atoms with Crippen molar-refractivity contribution in [2.24, 2.45) is 0 Å². The van der Waals surface area contributed by atoms with Crippen LogP contribution in [0.2, 0.25) is 0 Å². The third-order valence-corrected chi connectivity index (χ3v) is 1.77. The van der Waals surface area contributed by atoms with Crippen LogP contribution in [0.1, 0.15) is 13.3 Å². The highest BCUT2D eigenvalue weighted by atomic mass is 32.1. The molecule has 0 aliphatic carbocycles. The second-order valence-electron chi connectivity index (χ2n) is 1.88. The van der Waals surface area contributed by atoms with Crippen LogP contribution in [-0.4, -0.2) is 17.3 Å². The van der Waals surface area contributed by atoms with Crippen LogP contribution >= 0.6 is 12.6 Å². The lowest BCUT2D eigenvalue weighted by Gasteiger charge is -1.86. The monoisotopic (exact) mass is 132 g/mol. The molecule has 8 heavy (non-hydrogen) atoms. The van der Waals surface area contributed by atoms with Gasteiger partial charge in [-0.3, -0.25) is 4.79 Å². The molecular weight excluding hydrogens is 124 g/mol. The molecule has 1 heterocycles. The molecule has 0 amide bonds. The third kappa shape index (κ3) is 0.759. The van der Waals surface area contributed by atoms with Gasteiger partial charge in [-0.25, -0.2) is 0 Å². The van der Waals surface area contributed by atoms with Crippen molar-refractivity contribution in [1.82, 2.24) is 0 Å². The normalized spacial score (nSPS) is 44.0. The van der Waals surface area contributed by atoms with E-state index in [1.807, 2.05) is 6.92 Å². The first-order valence-corrected chi connectivity index (χ1v) is 3.04. The summed E-state index contributed by atoms with van der Waals surface area (Å²) in [6, 6.07) is 0. The van der Waals surface area contributed by atoms with E-state index in [0.717, 1.165) is 12.7 Å². The number of carbonyl (C=O) groups excluding carboxylic acids is 1. The summed E-state index contributed by atoms with van der Waals surface area (Å²) in [5.74, 6) is 0. The number of thiol groups is 1. The maximum absolute atomic E-state index is 10.1. The van der Waals surface area contributed by atoms with Gasteiger partial charge in [0.1, 0.15) is 6.10 Å². The van der Waals surface area contributed by atoms with Gasteiger partial charge in [0, 0.05) is 0 Å². The van der Waals surface area contributed by atoms with Crippen LogP contribution in [-0.2, 0) is 9.53 Å². The molecule has 0 bridgehead atoms. The summed E-state index contributed by atoms with van der Waals surface area (Å²) in [7, 11) is 0. The van der Waals surface area contributed by atoms with E-state index in [4.69, 9.17) is 4.74 Å². The summed E-state index contributed by atoms with van der Waals surface area (Å²) in [5.41, 5.74) is 0. The summed E-state index contributed by atoms with van der Waals surface area (Å²) in [6.45, 7) is 1.96. The third-order valence-electron chi connectivity index (χ3n) is 1.27. The Kier molecular flexibility index (Phi) is 1.33. The van der Waals surface area contributed by atoms with E-state index in [1.165, 1.54) is 0 Å². The Morgan fingerprint density at radius 1 is 2.00 bits per heavy atom. The highest BCUT2D eigenvalue weighted by Gasteiger charge is 2.52. The smallest absolute Gasteiger partial charge is 0.192 e. The largest absolute Gasteiger partial charge is 0.347 e. The fraction of sp³-hybridized carbons (Fsp3) is 0.800. The van der Waals surface area contributed by atoms with Gasteiger partial charge in [0.2, 0.25) is 0 Å². The van der Waals surface area contributed by atoms with Gasteiger partial charge in [0.25, 0.3) is 0 Å². The van der Waals surface area contributed by atoms with Gasteiger partial charge in [-0.15, -0.1) is 12.6 Å². The van der Waals surface area contributed by atoms with E-state index in [-0.39, 0.29) is 6.10 Å². The maximum atomic E-state index is 10.1. The van der Waals surface area contributed by atoms with Gasteiger partial charge in [-0.05, 0) is 6.42 Å². The summed E-state index contributed by atoms with van der Waals surface area (Å²) in [4.78, 5) is 9.33. The van der Waals surface area contributed by atoms with Gasteiger partial charge in [-0.2, -0.15) is 0 Å². The molecule has 1 rings (SSSR count). The fourth-order valence-corrected chi connectivity index (χ4v) is 0.983. The number of epoxide rings is 1. The highest BCUT2D eigenvalue weighted by Crippen LogP contribution is 2.39. The second-order valence-corrected chi connectivity index (χ2v) is 2.58. The molecule has 1 aliphatic rings. The van der Waals surface area contributed by atoms with Crippen molar-refractivity contribution in [2.75, 3.05) is 0 Å². The van der Waals surface area contributed by atoms with Crippen LogP contribution in [0.4, 0.5) is 0 Å². The summed E-state index contributed by atoms with van der Waals surface area (Å²) >= 11 is 3.95. The second kappa shape index (κ2) is 1.74. The number of carbonyl (C=O) groups is 1. The molecular formula is C5H8O2S. The van der Waals surface area contributed by atoms with Crippen LogP contribution in [0.25, 0.3) is 0 Å². The topological polar surface area (TPSA) is 29.6 Å². The Labute approximate surface area is 53.6 Å². The SMILES string of the molecule is CCC1OC1(S)C=O. The molecule has 0 saturated carbocycles. The van der Waals surface area contributed by atoms with Gasteiger partial charge in [-0.1, -0.05) is 6.92 Å². The van der Waals surface area contributed by atoms with Gasteiger partial charge in [0.15, 0.2) is 11.2 Å². The van der Waals surface area contributed by atoms with Crippen molar-refractivity contribution in [2.45, 2.75) is 24.4 Å². The molecule has 2 nitrogen and oxygen atoms in total. The number of ether oxygens (including phenoxy) is 1. The van der Waals surface area contributed by atoms with E-state index in [2.05, 4.69) is 12.6 Å². The number of hydrogen-bond donors (Lipinski definition) is 1. The maximum Gasteiger partial charge on any atom is 0.192 e. The summed E-state index contributed by atoms with van der Waals surface area (Å²) in [5, 5.41) is 0. The van der Waals surface area contributed by atoms with Gasteiger partial charge in [0.05, 0.1) is 0 Å². The molecule has 1 saturated heterocycles. The zero-order valence-corrected chi connectivity index (χ0v) is 5.52. The Bertz CT molecular complexity index is 115. The molecule has 0 N–H and O–H groups in total. The van der Waals surface area contributed by atoms with Crippen molar-refractivity contribution in [1.29, 1.82) is 0 Å². The van der Waals surface area contributed by atoms with Crippen molar-refractivity contribution in [3.8, 4) is 0 Å². The Hall–Kier alpha value is -0.0200. The lowest BCUT2D eigenvalue weighted by molar-refractivity contribution is -0.109. The number of aldehydes is 1. The molecule has 0 aromatic rings. The average molecular weight is 132 g/mol. The molecule has 2 atom stereocenters. The van der Waals surface area contributed by atoms with E-state index in [9.17, 15) is 4.79 Å². The number of rotatable bonds is 2. The molecule has 0 aromatic carbocycles. The standard InChI is InChI=1S/C5H8O2S/c1-2-4-5(8,3-6)7-4/h3-4,8H,2H2,1H3. The van der Waals surface area contributed by atoms with E-state index in [1.54, 1.807) is 0 Å². The molecule has 3 heteroatoms. The number of hydrogen-bond acceptors (Lipinski definition) is 3. The van der Waals surface area contributed by atoms with E-state index < -0.39 is 4.93 Å². The van der Waals surface area contributed by atoms with Gasteiger partial charge >= 0.3 is 0 Å². The Morgan fingerprint density at radius 2 is 2.62 bits per heavy atom. The fourth-order valence-electron chi connectivity index (χ4n) is 0.673. The summed E-state index contributed by atoms with van der Waals surface area (Å²) < 4.78 is 4.90. The lowest BCUT2D eigenvalue weighted by Crippen LogP contribution is -2.06. The molecule has 0 aromatic heterocycles. The predicted octanol–water partition coefficient (Wildman–Crippen LogP) is 0.620. The summed E-state index contributed by atoms with van der Waals surface area (Å²) in [6.07, 6.45) is 1.66. The molecule has 1 aliphatic heterocycles. The van der Waals surface area contributed by atoms with Crippen LogP contribution in [0.5, 0.6) is 0 Å². The van der Waals surface area contributed by atoms with Crippen molar-refractivity contribution in [3.63, 3.8) is 0 Å². The average Bonchev–Trinajstić information content (AvgIpc) is 2.44. The predicted molar refractivity (Wildman–Crippen MR) is 32.9 cm³/mol. The minimum absolute atomic E-state index is 0.0586. The lowest BCUT2D eigenvalue weighted by atomic mass is 10.3. The Balaban J connectivity index is 2.42. The van der Waals surface area contributed by atoms with Crippen molar-refractivity contribution < 1.29 is 9.53 Å². The minimum Gasteiger partial charge on any atom is -0.347 e. The van der Waals surface area contributed by atoms with Crippen LogP contribution < -0.4 is 0 Å². The molecule has 0 spiro atoms. The van der Waals surface area contributed by atoms with Crippen LogP contribution in [0.3, 0.4) is 0 Å². The molecule has 1 fully saturated rings. The first-order valence-electron chi connectivity index (χ1n) is 2.59. The van der Waals surface area contributed by atoms with Crippen LogP contribution in [0, 0.1) is 0 Å². The molecule has 2 unspecified atom stereocenters. The van der Waals surface area contributed by atoms with Gasteiger partial charge < -0.3 is 4.74 Å².